The minimum absolute atomic E-state index is 0.0948. The van der Waals surface area contributed by atoms with Gasteiger partial charge in [-0.05, 0) is 25.1 Å². The second-order valence-corrected chi connectivity index (χ2v) is 6.18. The Kier molecular flexibility index (Phi) is 3.57. The maximum atomic E-state index is 6.03. The maximum Gasteiger partial charge on any atom is 0.316 e. The Bertz CT molecular complexity index is 658. The highest BCUT2D eigenvalue weighted by molar-refractivity contribution is 5.43. The molecule has 1 spiro atoms. The molecule has 0 N–H and O–H groups in total. The zero-order valence-corrected chi connectivity index (χ0v) is 13.1. The minimum atomic E-state index is -0.149. The summed E-state index contributed by atoms with van der Waals surface area (Å²) in [4.78, 5) is 10.5. The van der Waals surface area contributed by atoms with Crippen molar-refractivity contribution in [1.82, 2.24) is 20.2 Å². The summed E-state index contributed by atoms with van der Waals surface area (Å²) in [6.07, 6.45) is 5.19. The number of aromatic nitrogens is 4. The van der Waals surface area contributed by atoms with Gasteiger partial charge in [-0.15, -0.1) is 5.10 Å². The van der Waals surface area contributed by atoms with Crippen LogP contribution in [-0.2, 0) is 4.74 Å². The fourth-order valence-electron chi connectivity index (χ4n) is 3.17. The van der Waals surface area contributed by atoms with Gasteiger partial charge in [-0.25, -0.2) is 9.97 Å². The normalized spacial score (nSPS) is 22.7. The molecule has 2 saturated heterocycles. The van der Waals surface area contributed by atoms with E-state index in [9.17, 15) is 0 Å². The van der Waals surface area contributed by atoms with E-state index in [1.165, 1.54) is 0 Å². The number of hydrogen-bond donors (Lipinski definition) is 0. The van der Waals surface area contributed by atoms with E-state index in [0.717, 1.165) is 37.4 Å². The second-order valence-electron chi connectivity index (χ2n) is 6.18. The van der Waals surface area contributed by atoms with Gasteiger partial charge in [0.2, 0.25) is 0 Å². The van der Waals surface area contributed by atoms with Crippen molar-refractivity contribution in [2.24, 2.45) is 0 Å². The summed E-state index contributed by atoms with van der Waals surface area (Å²) < 4.78 is 11.9. The highest BCUT2D eigenvalue weighted by Crippen LogP contribution is 2.37. The van der Waals surface area contributed by atoms with Crippen LogP contribution in [0.1, 0.15) is 18.5 Å². The van der Waals surface area contributed by atoms with Gasteiger partial charge < -0.3 is 14.4 Å². The fourth-order valence-corrected chi connectivity index (χ4v) is 3.17. The standard InChI is InChI=1S/C16H19N5O2/c1-12-3-4-14(20-19-12)21-10-16(11-21)9-13(5-8-22-16)23-15-17-6-2-7-18-15/h2-4,6-7,13H,5,8-11H2,1H3/t13-/m0/s1. The van der Waals surface area contributed by atoms with Crippen LogP contribution in [0, 0.1) is 6.92 Å². The van der Waals surface area contributed by atoms with Crippen molar-refractivity contribution in [3.63, 3.8) is 0 Å². The topological polar surface area (TPSA) is 73.3 Å². The highest BCUT2D eigenvalue weighted by Gasteiger charge is 2.49. The Labute approximate surface area is 134 Å². The minimum Gasteiger partial charge on any atom is -0.460 e. The van der Waals surface area contributed by atoms with Crippen molar-refractivity contribution in [2.75, 3.05) is 24.6 Å². The summed E-state index contributed by atoms with van der Waals surface area (Å²) in [5.41, 5.74) is 0.777. The third-order valence-corrected chi connectivity index (χ3v) is 4.33. The zero-order chi connectivity index (χ0) is 15.7. The molecule has 7 heteroatoms. The Morgan fingerprint density at radius 3 is 2.78 bits per heavy atom. The van der Waals surface area contributed by atoms with Crippen molar-refractivity contribution in [3.05, 3.63) is 36.3 Å². The van der Waals surface area contributed by atoms with E-state index >= 15 is 0 Å². The van der Waals surface area contributed by atoms with E-state index in [1.54, 1.807) is 18.5 Å². The molecule has 0 aliphatic carbocycles. The molecule has 2 aliphatic rings. The largest absolute Gasteiger partial charge is 0.460 e. The van der Waals surface area contributed by atoms with Crippen molar-refractivity contribution in [1.29, 1.82) is 0 Å². The zero-order valence-electron chi connectivity index (χ0n) is 13.1. The van der Waals surface area contributed by atoms with Crippen LogP contribution < -0.4 is 9.64 Å². The quantitative estimate of drug-likeness (QED) is 0.847. The first kappa shape index (κ1) is 14.3. The van der Waals surface area contributed by atoms with Gasteiger partial charge in [-0.2, -0.15) is 5.10 Å². The van der Waals surface area contributed by atoms with E-state index in [-0.39, 0.29) is 11.7 Å². The van der Waals surface area contributed by atoms with Gasteiger partial charge in [-0.3, -0.25) is 0 Å². The molecule has 120 valence electrons. The first-order valence-corrected chi connectivity index (χ1v) is 7.85. The lowest BCUT2D eigenvalue weighted by Gasteiger charge is -2.53. The Morgan fingerprint density at radius 1 is 1.22 bits per heavy atom. The number of ether oxygens (including phenoxy) is 2. The van der Waals surface area contributed by atoms with E-state index in [0.29, 0.717) is 12.6 Å². The van der Waals surface area contributed by atoms with Gasteiger partial charge >= 0.3 is 6.01 Å². The molecule has 0 radical (unpaired) electrons. The van der Waals surface area contributed by atoms with Crippen LogP contribution >= 0.6 is 0 Å². The number of nitrogens with zero attached hydrogens (tertiary/aromatic N) is 5. The summed E-state index contributed by atoms with van der Waals surface area (Å²) in [7, 11) is 0. The molecule has 2 aromatic heterocycles. The molecule has 0 aromatic carbocycles. The second kappa shape index (κ2) is 5.73. The monoisotopic (exact) mass is 313 g/mol. The van der Waals surface area contributed by atoms with Gasteiger partial charge in [0.15, 0.2) is 5.82 Å². The Morgan fingerprint density at radius 2 is 2.04 bits per heavy atom. The van der Waals surface area contributed by atoms with Crippen LogP contribution in [0.4, 0.5) is 5.82 Å². The first-order chi connectivity index (χ1) is 11.2. The third kappa shape index (κ3) is 2.96. The summed E-state index contributed by atoms with van der Waals surface area (Å²) in [5, 5.41) is 8.35. The van der Waals surface area contributed by atoms with Gasteiger partial charge in [-0.1, -0.05) is 0 Å². The Balaban J connectivity index is 1.38. The number of hydrogen-bond acceptors (Lipinski definition) is 7. The lowest BCUT2D eigenvalue weighted by atomic mass is 9.84. The van der Waals surface area contributed by atoms with Crippen LogP contribution in [0.15, 0.2) is 30.6 Å². The fraction of sp³-hybridized carbons (Fsp3) is 0.500. The molecule has 0 bridgehead atoms. The molecule has 0 amide bonds. The molecule has 2 fully saturated rings. The van der Waals surface area contributed by atoms with Crippen LogP contribution in [0.2, 0.25) is 0 Å². The van der Waals surface area contributed by atoms with Gasteiger partial charge in [0, 0.05) is 25.2 Å². The van der Waals surface area contributed by atoms with Crippen LogP contribution in [0.5, 0.6) is 6.01 Å². The average Bonchev–Trinajstić information content (AvgIpc) is 2.55. The number of aryl methyl sites for hydroxylation is 1. The third-order valence-electron chi connectivity index (χ3n) is 4.33. The van der Waals surface area contributed by atoms with Crippen molar-refractivity contribution in [2.45, 2.75) is 31.5 Å². The first-order valence-electron chi connectivity index (χ1n) is 7.85. The lowest BCUT2D eigenvalue weighted by molar-refractivity contribution is -0.127. The molecule has 23 heavy (non-hydrogen) atoms. The average molecular weight is 313 g/mol. The van der Waals surface area contributed by atoms with E-state index in [1.807, 2.05) is 19.1 Å². The lowest BCUT2D eigenvalue weighted by Crippen LogP contribution is -2.66. The molecular weight excluding hydrogens is 294 g/mol. The summed E-state index contributed by atoms with van der Waals surface area (Å²) in [6, 6.07) is 6.21. The predicted molar refractivity (Wildman–Crippen MR) is 83.3 cm³/mol. The van der Waals surface area contributed by atoms with Gasteiger partial charge in [0.25, 0.3) is 0 Å². The summed E-state index contributed by atoms with van der Waals surface area (Å²) in [5.74, 6) is 0.902. The summed E-state index contributed by atoms with van der Waals surface area (Å²) in [6.45, 7) is 4.28. The molecule has 1 atom stereocenters. The van der Waals surface area contributed by atoms with Gasteiger partial charge in [0.05, 0.1) is 25.4 Å². The van der Waals surface area contributed by atoms with Crippen LogP contribution in [0.3, 0.4) is 0 Å². The van der Waals surface area contributed by atoms with E-state index < -0.39 is 0 Å². The van der Waals surface area contributed by atoms with Crippen LogP contribution in [-0.4, -0.2) is 51.6 Å². The molecule has 0 saturated carbocycles. The smallest absolute Gasteiger partial charge is 0.316 e. The molecule has 4 rings (SSSR count). The molecular formula is C16H19N5O2. The van der Waals surface area contributed by atoms with Crippen molar-refractivity contribution < 1.29 is 9.47 Å². The highest BCUT2D eigenvalue weighted by atomic mass is 16.5. The predicted octanol–water partition coefficient (Wildman–Crippen LogP) is 1.39. The van der Waals surface area contributed by atoms with Crippen LogP contribution in [0.25, 0.3) is 0 Å². The van der Waals surface area contributed by atoms with Crippen molar-refractivity contribution in [3.8, 4) is 6.01 Å². The molecule has 2 aromatic rings. The summed E-state index contributed by atoms with van der Waals surface area (Å²) >= 11 is 0. The van der Waals surface area contributed by atoms with E-state index in [2.05, 4.69) is 25.1 Å². The SMILES string of the molecule is Cc1ccc(N2CC3(C[C@@H](Oc4ncccn4)CCO3)C2)nn1. The van der Waals surface area contributed by atoms with Crippen molar-refractivity contribution >= 4 is 5.82 Å². The molecule has 7 nitrogen and oxygen atoms in total. The maximum absolute atomic E-state index is 6.03. The number of rotatable bonds is 3. The van der Waals surface area contributed by atoms with Gasteiger partial charge in [0.1, 0.15) is 11.7 Å². The molecule has 2 aliphatic heterocycles. The number of anilines is 1. The molecule has 0 unspecified atom stereocenters. The van der Waals surface area contributed by atoms with E-state index in [4.69, 9.17) is 9.47 Å². The Hall–Kier alpha value is -2.28. The molecule has 4 heterocycles.